The van der Waals surface area contributed by atoms with Crippen molar-refractivity contribution in [2.75, 3.05) is 11.9 Å². The molecule has 3 aromatic rings. The van der Waals surface area contributed by atoms with Crippen molar-refractivity contribution in [3.05, 3.63) is 63.7 Å². The van der Waals surface area contributed by atoms with Gasteiger partial charge in [0.2, 0.25) is 0 Å². The summed E-state index contributed by atoms with van der Waals surface area (Å²) >= 11 is 3.38. The minimum Gasteiger partial charge on any atom is -0.318 e. The van der Waals surface area contributed by atoms with E-state index in [-0.39, 0.29) is 5.69 Å². The van der Waals surface area contributed by atoms with Crippen LogP contribution in [0.4, 0.5) is 18.9 Å². The maximum Gasteiger partial charge on any atom is 0.471 e. The predicted molar refractivity (Wildman–Crippen MR) is 104 cm³/mol. The fraction of sp³-hybridized carbons (Fsp3) is 0.211. The van der Waals surface area contributed by atoms with Gasteiger partial charge in [-0.3, -0.25) is 4.79 Å². The van der Waals surface area contributed by atoms with Crippen LogP contribution in [-0.2, 0) is 17.8 Å². The van der Waals surface area contributed by atoms with E-state index in [2.05, 4.69) is 16.8 Å². The highest BCUT2D eigenvalue weighted by Gasteiger charge is 2.38. The smallest absolute Gasteiger partial charge is 0.318 e. The highest BCUT2D eigenvalue weighted by atomic mass is 32.1. The number of thiophene rings is 2. The van der Waals surface area contributed by atoms with E-state index in [9.17, 15) is 18.0 Å². The van der Waals surface area contributed by atoms with Gasteiger partial charge in [-0.25, -0.2) is 0 Å². The molecular weight excluding hydrogens is 393 g/mol. The van der Waals surface area contributed by atoms with Crippen molar-refractivity contribution in [3.8, 4) is 10.4 Å². The number of carbonyl (C=O) groups is 1. The van der Waals surface area contributed by atoms with Gasteiger partial charge in [0, 0.05) is 33.4 Å². The Labute approximate surface area is 162 Å². The fourth-order valence-electron chi connectivity index (χ4n) is 2.43. The van der Waals surface area contributed by atoms with Gasteiger partial charge in [0.15, 0.2) is 0 Å². The Kier molecular flexibility index (Phi) is 6.30. The highest BCUT2D eigenvalue weighted by molar-refractivity contribution is 7.15. The molecule has 8 heteroatoms. The first-order chi connectivity index (χ1) is 12.9. The molecule has 27 heavy (non-hydrogen) atoms. The Hall–Kier alpha value is -2.16. The molecule has 0 fully saturated rings. The third-order valence-electron chi connectivity index (χ3n) is 3.77. The quantitative estimate of drug-likeness (QED) is 0.518. The second-order valence-corrected chi connectivity index (χ2v) is 8.00. The van der Waals surface area contributed by atoms with Gasteiger partial charge in [-0.15, -0.1) is 22.7 Å². The van der Waals surface area contributed by atoms with Crippen LogP contribution in [0.3, 0.4) is 0 Å². The Morgan fingerprint density at radius 3 is 2.44 bits per heavy atom. The number of nitrogens with one attached hydrogen (secondary N) is 2. The molecule has 0 radical (unpaired) electrons. The molecule has 0 aliphatic carbocycles. The summed E-state index contributed by atoms with van der Waals surface area (Å²) in [5.74, 6) is -1.97. The molecule has 0 saturated carbocycles. The van der Waals surface area contributed by atoms with Gasteiger partial charge in [0.25, 0.3) is 0 Å². The molecule has 0 aliphatic heterocycles. The number of anilines is 1. The van der Waals surface area contributed by atoms with Crippen LogP contribution in [-0.4, -0.2) is 18.6 Å². The van der Waals surface area contributed by atoms with Gasteiger partial charge in [-0.05, 0) is 47.7 Å². The molecule has 0 spiro atoms. The van der Waals surface area contributed by atoms with E-state index in [1.54, 1.807) is 34.8 Å². The van der Waals surface area contributed by atoms with Gasteiger partial charge >= 0.3 is 12.1 Å². The number of halogens is 3. The van der Waals surface area contributed by atoms with Gasteiger partial charge in [0.1, 0.15) is 0 Å². The topological polar surface area (TPSA) is 41.1 Å². The Bertz CT molecular complexity index is 871. The molecule has 2 heterocycles. The molecule has 0 aliphatic rings. The summed E-state index contributed by atoms with van der Waals surface area (Å²) < 4.78 is 36.8. The lowest BCUT2D eigenvalue weighted by atomic mass is 10.1. The molecule has 3 nitrogen and oxygen atoms in total. The average molecular weight is 410 g/mol. The maximum atomic E-state index is 12.3. The molecule has 0 atom stereocenters. The van der Waals surface area contributed by atoms with Crippen molar-refractivity contribution < 1.29 is 18.0 Å². The standard InChI is InChI=1S/C19H17F3N2OS2/c20-19(21,22)18(25)24-14-5-3-13(4-6-14)17-8-7-16(27-17)12-23-10-9-15-2-1-11-26-15/h1-8,11,23H,9-10,12H2,(H,24,25). The molecule has 2 N–H and O–H groups in total. The van der Waals surface area contributed by atoms with E-state index in [0.29, 0.717) is 0 Å². The van der Waals surface area contributed by atoms with Crippen LogP contribution in [0.2, 0.25) is 0 Å². The number of amides is 1. The lowest BCUT2D eigenvalue weighted by molar-refractivity contribution is -0.167. The van der Waals surface area contributed by atoms with Gasteiger partial charge in [-0.2, -0.15) is 13.2 Å². The monoisotopic (exact) mass is 410 g/mol. The zero-order valence-corrected chi connectivity index (χ0v) is 15.8. The van der Waals surface area contributed by atoms with Gasteiger partial charge in [0.05, 0.1) is 0 Å². The fourth-order valence-corrected chi connectivity index (χ4v) is 4.12. The summed E-state index contributed by atoms with van der Waals surface area (Å²) in [4.78, 5) is 14.5. The Morgan fingerprint density at radius 1 is 1.00 bits per heavy atom. The number of benzene rings is 1. The molecule has 0 saturated heterocycles. The molecule has 1 aromatic carbocycles. The molecular formula is C19H17F3N2OS2. The van der Waals surface area contributed by atoms with Crippen molar-refractivity contribution in [2.45, 2.75) is 19.1 Å². The van der Waals surface area contributed by atoms with Crippen molar-refractivity contribution in [3.63, 3.8) is 0 Å². The normalized spacial score (nSPS) is 11.5. The minimum absolute atomic E-state index is 0.119. The van der Waals surface area contributed by atoms with E-state index in [4.69, 9.17) is 0 Å². The first kappa shape index (κ1) is 19.6. The lowest BCUT2D eigenvalue weighted by Crippen LogP contribution is -2.29. The van der Waals surface area contributed by atoms with E-state index >= 15 is 0 Å². The SMILES string of the molecule is O=C(Nc1ccc(-c2ccc(CNCCc3cccs3)s2)cc1)C(F)(F)F. The average Bonchev–Trinajstić information content (AvgIpc) is 3.30. The predicted octanol–water partition coefficient (Wildman–Crippen LogP) is 5.31. The van der Waals surface area contributed by atoms with E-state index in [1.165, 1.54) is 21.9 Å². The van der Waals surface area contributed by atoms with Gasteiger partial charge in [-0.1, -0.05) is 18.2 Å². The Balaban J connectivity index is 1.52. The first-order valence-corrected chi connectivity index (χ1v) is 9.92. The van der Waals surface area contributed by atoms with Crippen molar-refractivity contribution in [1.29, 1.82) is 0 Å². The molecule has 0 bridgehead atoms. The number of rotatable bonds is 7. The summed E-state index contributed by atoms with van der Waals surface area (Å²) in [6, 6.07) is 14.5. The molecule has 3 rings (SSSR count). The van der Waals surface area contributed by atoms with Gasteiger partial charge < -0.3 is 10.6 Å². The summed E-state index contributed by atoms with van der Waals surface area (Å²) in [5, 5.41) is 7.32. The second-order valence-electron chi connectivity index (χ2n) is 5.80. The highest BCUT2D eigenvalue weighted by Crippen LogP contribution is 2.29. The van der Waals surface area contributed by atoms with Crippen LogP contribution >= 0.6 is 22.7 Å². The van der Waals surface area contributed by atoms with Crippen LogP contribution < -0.4 is 10.6 Å². The second kappa shape index (κ2) is 8.69. The number of carbonyl (C=O) groups excluding carboxylic acids is 1. The summed E-state index contributed by atoms with van der Waals surface area (Å²) in [6.45, 7) is 1.68. The molecule has 0 unspecified atom stereocenters. The van der Waals surface area contributed by atoms with Crippen LogP contribution in [0.5, 0.6) is 0 Å². The summed E-state index contributed by atoms with van der Waals surface area (Å²) in [6.07, 6.45) is -3.89. The zero-order valence-electron chi connectivity index (χ0n) is 14.2. The minimum atomic E-state index is -4.89. The van der Waals surface area contributed by atoms with Crippen LogP contribution in [0.25, 0.3) is 10.4 Å². The summed E-state index contributed by atoms with van der Waals surface area (Å²) in [7, 11) is 0. The van der Waals surface area contributed by atoms with Crippen LogP contribution in [0.15, 0.2) is 53.9 Å². The van der Waals surface area contributed by atoms with E-state index in [1.807, 2.05) is 23.5 Å². The third-order valence-corrected chi connectivity index (χ3v) is 5.84. The first-order valence-electron chi connectivity index (χ1n) is 8.22. The zero-order chi connectivity index (χ0) is 19.3. The maximum absolute atomic E-state index is 12.3. The molecule has 142 valence electrons. The Morgan fingerprint density at radius 2 is 1.78 bits per heavy atom. The molecule has 1 amide bonds. The van der Waals surface area contributed by atoms with Crippen LogP contribution in [0.1, 0.15) is 9.75 Å². The van der Waals surface area contributed by atoms with E-state index in [0.717, 1.165) is 30.0 Å². The number of hydrogen-bond acceptors (Lipinski definition) is 4. The van der Waals surface area contributed by atoms with E-state index < -0.39 is 12.1 Å². The summed E-state index contributed by atoms with van der Waals surface area (Å²) in [5.41, 5.74) is 1.02. The molecule has 2 aromatic heterocycles. The lowest BCUT2D eigenvalue weighted by Gasteiger charge is -2.08. The van der Waals surface area contributed by atoms with Crippen molar-refractivity contribution >= 4 is 34.3 Å². The largest absolute Gasteiger partial charge is 0.471 e. The number of hydrogen-bond donors (Lipinski definition) is 2. The third kappa shape index (κ3) is 5.66. The van der Waals surface area contributed by atoms with Crippen LogP contribution in [0, 0.1) is 0 Å². The van der Waals surface area contributed by atoms with Crippen molar-refractivity contribution in [2.24, 2.45) is 0 Å². The number of alkyl halides is 3. The van der Waals surface area contributed by atoms with Crippen molar-refractivity contribution in [1.82, 2.24) is 5.32 Å².